The molecule has 188 valence electrons. The molecule has 2 heterocycles. The summed E-state index contributed by atoms with van der Waals surface area (Å²) in [6.45, 7) is 3.29. The maximum atomic E-state index is 13.4. The Balaban J connectivity index is 1.32. The molecule has 1 atom stereocenters. The summed E-state index contributed by atoms with van der Waals surface area (Å²) in [5.74, 6) is -0.735. The second-order valence-electron chi connectivity index (χ2n) is 8.07. The number of anilines is 1. The molecule has 9 heteroatoms. The van der Waals surface area contributed by atoms with Gasteiger partial charge in [-0.25, -0.2) is 9.18 Å². The minimum atomic E-state index is -0.536. The molecular formula is C27H27FN2O5S. The van der Waals surface area contributed by atoms with E-state index in [0.717, 1.165) is 16.8 Å². The molecule has 7 nitrogen and oxygen atoms in total. The lowest BCUT2D eigenvalue weighted by molar-refractivity contribution is -0.115. The zero-order chi connectivity index (χ0) is 25.3. The molecule has 1 fully saturated rings. The second kappa shape index (κ2) is 12.6. The molecule has 0 N–H and O–H groups in total. The van der Waals surface area contributed by atoms with Crippen molar-refractivity contribution in [1.82, 2.24) is 4.98 Å². The predicted molar refractivity (Wildman–Crippen MR) is 135 cm³/mol. The van der Waals surface area contributed by atoms with E-state index in [-0.39, 0.29) is 36.1 Å². The standard InChI is InChI=1S/C27H27FN2O5S/c1-19-5-4-7-23(25(19)30-24(31)18-36-26(30)20-8-10-21(28)11-9-20)27(32)35-16-15-33-13-14-34-17-22-6-2-3-12-29-22/h2-12,26H,13-18H2,1H3. The maximum Gasteiger partial charge on any atom is 0.340 e. The van der Waals surface area contributed by atoms with Crippen LogP contribution in [0.3, 0.4) is 0 Å². The van der Waals surface area contributed by atoms with Crippen molar-refractivity contribution in [2.75, 3.05) is 37.1 Å². The van der Waals surface area contributed by atoms with Crippen LogP contribution >= 0.6 is 11.8 Å². The number of esters is 1. The van der Waals surface area contributed by atoms with Crippen LogP contribution in [0.2, 0.25) is 0 Å². The molecule has 1 unspecified atom stereocenters. The number of carbonyl (C=O) groups excluding carboxylic acids is 2. The van der Waals surface area contributed by atoms with Gasteiger partial charge < -0.3 is 14.2 Å². The quantitative estimate of drug-likeness (QED) is 0.273. The number of aromatic nitrogens is 1. The molecular weight excluding hydrogens is 483 g/mol. The fraction of sp³-hybridized carbons (Fsp3) is 0.296. The van der Waals surface area contributed by atoms with E-state index in [9.17, 15) is 14.0 Å². The summed E-state index contributed by atoms with van der Waals surface area (Å²) in [6.07, 6.45) is 1.71. The number of rotatable bonds is 11. The lowest BCUT2D eigenvalue weighted by Crippen LogP contribution is -2.30. The Morgan fingerprint density at radius 3 is 2.58 bits per heavy atom. The molecule has 0 saturated carbocycles. The number of benzene rings is 2. The average Bonchev–Trinajstić information content (AvgIpc) is 3.27. The Labute approximate surface area is 213 Å². The van der Waals surface area contributed by atoms with E-state index >= 15 is 0 Å². The Kier molecular flexibility index (Phi) is 9.05. The van der Waals surface area contributed by atoms with Gasteiger partial charge in [0.15, 0.2) is 0 Å². The molecule has 1 aromatic heterocycles. The number of thioether (sulfide) groups is 1. The van der Waals surface area contributed by atoms with Crippen molar-refractivity contribution in [3.05, 3.63) is 95.1 Å². The molecule has 0 radical (unpaired) electrons. The highest BCUT2D eigenvalue weighted by Crippen LogP contribution is 2.44. The van der Waals surface area contributed by atoms with E-state index in [4.69, 9.17) is 14.2 Å². The predicted octanol–water partition coefficient (Wildman–Crippen LogP) is 4.70. The van der Waals surface area contributed by atoms with Crippen LogP contribution in [0.5, 0.6) is 0 Å². The lowest BCUT2D eigenvalue weighted by Gasteiger charge is -2.27. The molecule has 1 aliphatic heterocycles. The van der Waals surface area contributed by atoms with E-state index < -0.39 is 5.97 Å². The van der Waals surface area contributed by atoms with Gasteiger partial charge in [-0.15, -0.1) is 11.8 Å². The van der Waals surface area contributed by atoms with E-state index in [1.807, 2.05) is 31.2 Å². The smallest absolute Gasteiger partial charge is 0.340 e. The van der Waals surface area contributed by atoms with Crippen LogP contribution in [0.4, 0.5) is 10.1 Å². The molecule has 36 heavy (non-hydrogen) atoms. The van der Waals surface area contributed by atoms with Gasteiger partial charge in [0.25, 0.3) is 0 Å². The van der Waals surface area contributed by atoms with Crippen molar-refractivity contribution in [3.8, 4) is 0 Å². The molecule has 1 saturated heterocycles. The number of aryl methyl sites for hydroxylation is 1. The first-order valence-electron chi connectivity index (χ1n) is 11.6. The first-order valence-corrected chi connectivity index (χ1v) is 12.6. The van der Waals surface area contributed by atoms with Crippen LogP contribution in [-0.4, -0.2) is 49.0 Å². The number of carbonyl (C=O) groups is 2. The summed E-state index contributed by atoms with van der Waals surface area (Å²) in [5, 5.41) is -0.361. The molecule has 4 rings (SSSR count). The fourth-order valence-electron chi connectivity index (χ4n) is 3.83. The van der Waals surface area contributed by atoms with E-state index in [1.54, 1.807) is 35.4 Å². The number of nitrogens with zero attached hydrogens (tertiary/aromatic N) is 2. The summed E-state index contributed by atoms with van der Waals surface area (Å²) in [5.41, 5.74) is 3.21. The van der Waals surface area contributed by atoms with Gasteiger partial charge in [0, 0.05) is 6.20 Å². The zero-order valence-corrected chi connectivity index (χ0v) is 20.7. The minimum absolute atomic E-state index is 0.0660. The normalized spacial score (nSPS) is 15.3. The molecule has 1 amide bonds. The van der Waals surface area contributed by atoms with Crippen molar-refractivity contribution in [3.63, 3.8) is 0 Å². The Morgan fingerprint density at radius 1 is 1.03 bits per heavy atom. The minimum Gasteiger partial charge on any atom is -0.460 e. The summed E-state index contributed by atoms with van der Waals surface area (Å²) < 4.78 is 29.9. The average molecular weight is 511 g/mol. The first kappa shape index (κ1) is 25.8. The van der Waals surface area contributed by atoms with Gasteiger partial charge in [-0.1, -0.05) is 30.3 Å². The number of amides is 1. The number of hydrogen-bond donors (Lipinski definition) is 0. The van der Waals surface area contributed by atoms with Crippen LogP contribution in [-0.2, 0) is 25.6 Å². The summed E-state index contributed by atoms with van der Waals surface area (Å²) in [7, 11) is 0. The summed E-state index contributed by atoms with van der Waals surface area (Å²) >= 11 is 1.44. The Bertz CT molecular complexity index is 1180. The zero-order valence-electron chi connectivity index (χ0n) is 19.9. The molecule has 0 aliphatic carbocycles. The number of para-hydroxylation sites is 1. The third-order valence-corrected chi connectivity index (χ3v) is 6.74. The van der Waals surface area contributed by atoms with Gasteiger partial charge in [-0.05, 0) is 48.4 Å². The molecule has 0 bridgehead atoms. The molecule has 3 aromatic rings. The third-order valence-electron chi connectivity index (χ3n) is 5.53. The molecule has 1 aliphatic rings. The second-order valence-corrected chi connectivity index (χ2v) is 9.14. The van der Waals surface area contributed by atoms with Gasteiger partial charge >= 0.3 is 5.97 Å². The van der Waals surface area contributed by atoms with Gasteiger partial charge in [0.05, 0.1) is 49.1 Å². The van der Waals surface area contributed by atoms with Crippen molar-refractivity contribution < 1.29 is 28.2 Å². The largest absolute Gasteiger partial charge is 0.460 e. The SMILES string of the molecule is Cc1cccc(C(=O)OCCOCCOCc2ccccn2)c1N1C(=O)CSC1c1ccc(F)cc1. The van der Waals surface area contributed by atoms with Crippen LogP contribution in [0.25, 0.3) is 0 Å². The van der Waals surface area contributed by atoms with Gasteiger partial charge in [-0.3, -0.25) is 14.7 Å². The highest BCUT2D eigenvalue weighted by molar-refractivity contribution is 8.00. The topological polar surface area (TPSA) is 78.0 Å². The monoisotopic (exact) mass is 510 g/mol. The van der Waals surface area contributed by atoms with Crippen molar-refractivity contribution in [1.29, 1.82) is 0 Å². The highest BCUT2D eigenvalue weighted by atomic mass is 32.2. The van der Waals surface area contributed by atoms with Crippen molar-refractivity contribution in [2.45, 2.75) is 18.9 Å². The fourth-order valence-corrected chi connectivity index (χ4v) is 5.00. The highest BCUT2D eigenvalue weighted by Gasteiger charge is 2.37. The Morgan fingerprint density at radius 2 is 1.81 bits per heavy atom. The van der Waals surface area contributed by atoms with Crippen molar-refractivity contribution >= 4 is 29.3 Å². The molecule has 0 spiro atoms. The lowest BCUT2D eigenvalue weighted by atomic mass is 10.1. The van der Waals surface area contributed by atoms with Crippen LogP contribution in [0.15, 0.2) is 66.9 Å². The summed E-state index contributed by atoms with van der Waals surface area (Å²) in [4.78, 5) is 31.6. The van der Waals surface area contributed by atoms with Crippen molar-refractivity contribution in [2.24, 2.45) is 0 Å². The van der Waals surface area contributed by atoms with Crippen LogP contribution in [0.1, 0.15) is 32.6 Å². The maximum absolute atomic E-state index is 13.4. The number of hydrogen-bond acceptors (Lipinski definition) is 7. The van der Waals surface area contributed by atoms with E-state index in [0.29, 0.717) is 31.1 Å². The third kappa shape index (κ3) is 6.48. The van der Waals surface area contributed by atoms with E-state index in [1.165, 1.54) is 23.9 Å². The van der Waals surface area contributed by atoms with Gasteiger partial charge in [-0.2, -0.15) is 0 Å². The first-order chi connectivity index (χ1) is 17.5. The summed E-state index contributed by atoms with van der Waals surface area (Å²) in [6, 6.07) is 16.9. The Hall–Kier alpha value is -3.27. The van der Waals surface area contributed by atoms with Crippen LogP contribution in [0, 0.1) is 12.7 Å². The molecule has 2 aromatic carbocycles. The van der Waals surface area contributed by atoms with Crippen LogP contribution < -0.4 is 4.90 Å². The van der Waals surface area contributed by atoms with E-state index in [2.05, 4.69) is 4.98 Å². The van der Waals surface area contributed by atoms with Gasteiger partial charge in [0.1, 0.15) is 17.8 Å². The number of ether oxygens (including phenoxy) is 3. The number of halogens is 1. The number of pyridine rings is 1. The van der Waals surface area contributed by atoms with Gasteiger partial charge in [0.2, 0.25) is 5.91 Å².